The molecule has 1 N–H and O–H groups in total. The minimum atomic E-state index is -3.80. The standard InChI is InChI=1S/C18H13N3O4S2/c22-16-11-12-3-1-2-4-15(12)17(23)21(16)13-5-7-14(8-6-13)27(24,25)20-18-19-9-10-26-18/h1-10H,11H2,(H,19,20). The van der Waals surface area contributed by atoms with E-state index in [1.807, 2.05) is 0 Å². The predicted octanol–water partition coefficient (Wildman–Crippen LogP) is 2.67. The number of rotatable bonds is 4. The van der Waals surface area contributed by atoms with Crippen LogP contribution in [0.3, 0.4) is 0 Å². The summed E-state index contributed by atoms with van der Waals surface area (Å²) in [6.07, 6.45) is 1.62. The highest BCUT2D eigenvalue weighted by molar-refractivity contribution is 7.93. The van der Waals surface area contributed by atoms with Crippen LogP contribution >= 0.6 is 11.3 Å². The Morgan fingerprint density at radius 3 is 2.48 bits per heavy atom. The van der Waals surface area contributed by atoms with Gasteiger partial charge in [-0.15, -0.1) is 11.3 Å². The molecule has 3 aromatic rings. The van der Waals surface area contributed by atoms with Crippen LogP contribution in [-0.2, 0) is 21.2 Å². The van der Waals surface area contributed by atoms with Gasteiger partial charge in [0.25, 0.3) is 15.9 Å². The number of fused-ring (bicyclic) bond motifs is 1. The van der Waals surface area contributed by atoms with E-state index < -0.39 is 15.9 Å². The maximum absolute atomic E-state index is 12.7. The molecule has 0 saturated heterocycles. The molecule has 2 aromatic carbocycles. The molecule has 1 aliphatic rings. The third kappa shape index (κ3) is 3.22. The Morgan fingerprint density at radius 1 is 1.04 bits per heavy atom. The average Bonchev–Trinajstić information content (AvgIpc) is 3.14. The number of carbonyl (C=O) groups is 2. The number of amides is 2. The molecular formula is C18H13N3O4S2. The molecule has 27 heavy (non-hydrogen) atoms. The van der Waals surface area contributed by atoms with Crippen molar-refractivity contribution < 1.29 is 18.0 Å². The third-order valence-electron chi connectivity index (χ3n) is 4.10. The van der Waals surface area contributed by atoms with E-state index in [4.69, 9.17) is 0 Å². The summed E-state index contributed by atoms with van der Waals surface area (Å²) in [5.74, 6) is -0.770. The summed E-state index contributed by atoms with van der Waals surface area (Å²) in [6, 6.07) is 12.5. The van der Waals surface area contributed by atoms with E-state index in [9.17, 15) is 18.0 Å². The fraction of sp³-hybridized carbons (Fsp3) is 0.0556. The summed E-state index contributed by atoms with van der Waals surface area (Å²) < 4.78 is 27.2. The van der Waals surface area contributed by atoms with Crippen LogP contribution in [0.5, 0.6) is 0 Å². The van der Waals surface area contributed by atoms with Gasteiger partial charge in [-0.25, -0.2) is 18.3 Å². The number of carbonyl (C=O) groups excluding carboxylic acids is 2. The number of sulfonamides is 1. The number of thiazole rings is 1. The second kappa shape index (κ2) is 6.60. The van der Waals surface area contributed by atoms with Crippen molar-refractivity contribution in [2.75, 3.05) is 9.62 Å². The Balaban J connectivity index is 1.63. The molecule has 9 heteroatoms. The van der Waals surface area contributed by atoms with Crippen LogP contribution in [0.1, 0.15) is 15.9 Å². The first kappa shape index (κ1) is 17.4. The molecule has 0 unspecified atom stereocenters. The van der Waals surface area contributed by atoms with E-state index in [-0.39, 0.29) is 22.4 Å². The lowest BCUT2D eigenvalue weighted by Gasteiger charge is -2.26. The van der Waals surface area contributed by atoms with Crippen molar-refractivity contribution in [3.8, 4) is 0 Å². The van der Waals surface area contributed by atoms with Gasteiger partial charge in [0, 0.05) is 17.1 Å². The fourth-order valence-corrected chi connectivity index (χ4v) is 4.63. The predicted molar refractivity (Wildman–Crippen MR) is 101 cm³/mol. The number of hydrogen-bond donors (Lipinski definition) is 1. The van der Waals surface area contributed by atoms with Crippen LogP contribution in [0.15, 0.2) is 65.0 Å². The van der Waals surface area contributed by atoms with E-state index in [2.05, 4.69) is 9.71 Å². The first-order chi connectivity index (χ1) is 13.0. The average molecular weight is 399 g/mol. The van der Waals surface area contributed by atoms with Crippen LogP contribution in [0.25, 0.3) is 0 Å². The SMILES string of the molecule is O=C1Cc2ccccc2C(=O)N1c1ccc(S(=O)(=O)Nc2nccs2)cc1. The Morgan fingerprint density at radius 2 is 1.78 bits per heavy atom. The van der Waals surface area contributed by atoms with Gasteiger partial charge < -0.3 is 0 Å². The zero-order chi connectivity index (χ0) is 19.0. The first-order valence-electron chi connectivity index (χ1n) is 7.93. The first-order valence-corrected chi connectivity index (χ1v) is 10.3. The zero-order valence-electron chi connectivity index (χ0n) is 13.8. The number of imide groups is 1. The summed E-state index contributed by atoms with van der Waals surface area (Å²) in [5.41, 5.74) is 1.49. The monoisotopic (exact) mass is 399 g/mol. The quantitative estimate of drug-likeness (QED) is 0.681. The highest BCUT2D eigenvalue weighted by Crippen LogP contribution is 2.27. The number of benzene rings is 2. The summed E-state index contributed by atoms with van der Waals surface area (Å²) >= 11 is 1.17. The molecule has 0 spiro atoms. The van der Waals surface area contributed by atoms with Gasteiger partial charge in [-0.05, 0) is 35.9 Å². The van der Waals surface area contributed by atoms with Gasteiger partial charge in [0.15, 0.2) is 5.13 Å². The lowest BCUT2D eigenvalue weighted by atomic mass is 9.98. The van der Waals surface area contributed by atoms with Crippen molar-refractivity contribution in [2.45, 2.75) is 11.3 Å². The smallest absolute Gasteiger partial charge is 0.265 e. The van der Waals surface area contributed by atoms with E-state index in [1.165, 1.54) is 41.8 Å². The third-order valence-corrected chi connectivity index (χ3v) is 6.27. The normalized spacial score (nSPS) is 14.1. The van der Waals surface area contributed by atoms with E-state index in [0.29, 0.717) is 16.8 Å². The minimum absolute atomic E-state index is 0.0127. The minimum Gasteiger partial charge on any atom is -0.274 e. The highest BCUT2D eigenvalue weighted by Gasteiger charge is 2.32. The second-order valence-corrected chi connectivity index (χ2v) is 8.38. The highest BCUT2D eigenvalue weighted by atomic mass is 32.2. The number of hydrogen-bond acceptors (Lipinski definition) is 6. The van der Waals surface area contributed by atoms with Crippen molar-refractivity contribution in [1.29, 1.82) is 0 Å². The van der Waals surface area contributed by atoms with Crippen molar-refractivity contribution in [2.24, 2.45) is 0 Å². The lowest BCUT2D eigenvalue weighted by Crippen LogP contribution is -2.42. The van der Waals surface area contributed by atoms with E-state index >= 15 is 0 Å². The molecule has 0 atom stereocenters. The maximum atomic E-state index is 12.7. The number of anilines is 2. The maximum Gasteiger partial charge on any atom is 0.265 e. The molecule has 0 radical (unpaired) electrons. The lowest BCUT2D eigenvalue weighted by molar-refractivity contribution is -0.117. The molecule has 0 saturated carbocycles. The molecule has 0 bridgehead atoms. The number of nitrogens with one attached hydrogen (secondary N) is 1. The van der Waals surface area contributed by atoms with Gasteiger partial charge >= 0.3 is 0 Å². The Labute approximate surface area is 159 Å². The second-order valence-electron chi connectivity index (χ2n) is 5.80. The fourth-order valence-electron chi connectivity index (χ4n) is 2.84. The molecular weight excluding hydrogens is 386 g/mol. The molecule has 1 aliphatic heterocycles. The van der Waals surface area contributed by atoms with Gasteiger partial charge in [-0.3, -0.25) is 14.3 Å². The van der Waals surface area contributed by atoms with Crippen molar-refractivity contribution in [1.82, 2.24) is 4.98 Å². The van der Waals surface area contributed by atoms with Gasteiger partial charge in [-0.2, -0.15) is 0 Å². The molecule has 2 amide bonds. The van der Waals surface area contributed by atoms with Gasteiger partial charge in [0.05, 0.1) is 17.0 Å². The molecule has 1 aromatic heterocycles. The number of nitrogens with zero attached hydrogens (tertiary/aromatic N) is 2. The largest absolute Gasteiger partial charge is 0.274 e. The van der Waals surface area contributed by atoms with Gasteiger partial charge in [0.2, 0.25) is 5.91 Å². The van der Waals surface area contributed by atoms with Gasteiger partial charge in [-0.1, -0.05) is 18.2 Å². The van der Waals surface area contributed by atoms with Crippen LogP contribution in [0, 0.1) is 0 Å². The topological polar surface area (TPSA) is 96.4 Å². The Bertz CT molecular complexity index is 1120. The van der Waals surface area contributed by atoms with Crippen LogP contribution in [-0.4, -0.2) is 25.2 Å². The van der Waals surface area contributed by atoms with Gasteiger partial charge in [0.1, 0.15) is 0 Å². The zero-order valence-corrected chi connectivity index (χ0v) is 15.5. The van der Waals surface area contributed by atoms with E-state index in [0.717, 1.165) is 4.90 Å². The molecule has 136 valence electrons. The number of aromatic nitrogens is 1. The van der Waals surface area contributed by atoms with E-state index in [1.54, 1.807) is 29.6 Å². The van der Waals surface area contributed by atoms with Crippen molar-refractivity contribution in [3.05, 3.63) is 71.2 Å². The van der Waals surface area contributed by atoms with Crippen molar-refractivity contribution >= 4 is 44.0 Å². The Hall–Kier alpha value is -3.04. The molecule has 7 nitrogen and oxygen atoms in total. The van der Waals surface area contributed by atoms with Crippen LogP contribution in [0.4, 0.5) is 10.8 Å². The molecule has 4 rings (SSSR count). The van der Waals surface area contributed by atoms with Crippen LogP contribution < -0.4 is 9.62 Å². The summed E-state index contributed by atoms with van der Waals surface area (Å²) in [7, 11) is -3.80. The summed E-state index contributed by atoms with van der Waals surface area (Å²) in [5, 5.41) is 1.92. The van der Waals surface area contributed by atoms with Crippen molar-refractivity contribution in [3.63, 3.8) is 0 Å². The van der Waals surface area contributed by atoms with Crippen LogP contribution in [0.2, 0.25) is 0 Å². The Kier molecular flexibility index (Phi) is 4.25. The summed E-state index contributed by atoms with van der Waals surface area (Å²) in [6.45, 7) is 0. The molecule has 0 aliphatic carbocycles. The molecule has 2 heterocycles. The summed E-state index contributed by atoms with van der Waals surface area (Å²) in [4.78, 5) is 30.1. The molecule has 0 fully saturated rings.